The number of nitrogens with zero attached hydrogens (tertiary/aromatic N) is 1. The van der Waals surface area contributed by atoms with Crippen molar-refractivity contribution in [1.82, 2.24) is 9.97 Å². The largest absolute Gasteiger partial charge is 0.493 e. The van der Waals surface area contributed by atoms with Crippen molar-refractivity contribution < 1.29 is 23.7 Å². The van der Waals surface area contributed by atoms with Crippen LogP contribution in [-0.4, -0.2) is 44.7 Å². The van der Waals surface area contributed by atoms with Crippen molar-refractivity contribution in [1.29, 1.82) is 0 Å². The second kappa shape index (κ2) is 14.2. The zero-order valence-corrected chi connectivity index (χ0v) is 26.8. The average Bonchev–Trinajstić information content (AvgIpc) is 3.55. The van der Waals surface area contributed by atoms with E-state index in [0.29, 0.717) is 23.0 Å². The highest BCUT2D eigenvalue weighted by atomic mass is 16.5. The smallest absolute Gasteiger partial charge is 0.161 e. The van der Waals surface area contributed by atoms with Gasteiger partial charge in [0.1, 0.15) is 12.1 Å². The molecule has 4 aromatic carbocycles. The van der Waals surface area contributed by atoms with Gasteiger partial charge in [-0.1, -0.05) is 38.1 Å². The van der Waals surface area contributed by atoms with E-state index in [0.717, 1.165) is 82.6 Å². The molecule has 7 heteroatoms. The van der Waals surface area contributed by atoms with E-state index >= 15 is 0 Å². The highest BCUT2D eigenvalue weighted by Gasteiger charge is 2.20. The summed E-state index contributed by atoms with van der Waals surface area (Å²) in [4.78, 5) is 20.5. The third-order valence-electron chi connectivity index (χ3n) is 8.26. The van der Waals surface area contributed by atoms with E-state index < -0.39 is 0 Å². The molecule has 1 aromatic heterocycles. The first-order valence-corrected chi connectivity index (χ1v) is 15.2. The molecule has 1 heterocycles. The van der Waals surface area contributed by atoms with Gasteiger partial charge in [0.25, 0.3) is 0 Å². The van der Waals surface area contributed by atoms with Gasteiger partial charge in [-0.3, -0.25) is 4.79 Å². The SMILES string of the molecule is CCc1ccc(CCc2ccc(CC)c(-c3nc(-c4ccc(OC)c(OC)c4)c(-c4ccc(OC)c(OC)c4)[nH]3)c2)cc1C=O. The maximum absolute atomic E-state index is 11.6. The topological polar surface area (TPSA) is 82.7 Å². The summed E-state index contributed by atoms with van der Waals surface area (Å²) in [6.07, 6.45) is 4.33. The van der Waals surface area contributed by atoms with Gasteiger partial charge in [-0.2, -0.15) is 0 Å². The van der Waals surface area contributed by atoms with Crippen molar-refractivity contribution in [3.8, 4) is 56.9 Å². The third-order valence-corrected chi connectivity index (χ3v) is 8.26. The summed E-state index contributed by atoms with van der Waals surface area (Å²) in [6, 6.07) is 24.5. The minimum absolute atomic E-state index is 0.624. The van der Waals surface area contributed by atoms with Crippen LogP contribution in [0.1, 0.15) is 46.5 Å². The number of rotatable bonds is 13. The summed E-state index contributed by atoms with van der Waals surface area (Å²) in [5, 5.41) is 0. The summed E-state index contributed by atoms with van der Waals surface area (Å²) in [5.41, 5.74) is 9.88. The van der Waals surface area contributed by atoms with Crippen LogP contribution in [0.5, 0.6) is 23.0 Å². The molecular formula is C38H40N2O5. The van der Waals surface area contributed by atoms with Crippen molar-refractivity contribution in [3.05, 3.63) is 101 Å². The van der Waals surface area contributed by atoms with E-state index in [4.69, 9.17) is 23.9 Å². The zero-order valence-electron chi connectivity index (χ0n) is 26.8. The lowest BCUT2D eigenvalue weighted by Gasteiger charge is -2.11. The Kier molecular flexibility index (Phi) is 9.88. The number of H-pyrrole nitrogens is 1. The van der Waals surface area contributed by atoms with Gasteiger partial charge in [-0.25, -0.2) is 4.98 Å². The molecule has 232 valence electrons. The second-order valence-electron chi connectivity index (χ2n) is 10.8. The Bertz CT molecular complexity index is 1730. The summed E-state index contributed by atoms with van der Waals surface area (Å²) >= 11 is 0. The maximum Gasteiger partial charge on any atom is 0.161 e. The Morgan fingerprint density at radius 3 is 1.78 bits per heavy atom. The van der Waals surface area contributed by atoms with Crippen LogP contribution in [0.2, 0.25) is 0 Å². The number of ether oxygens (including phenoxy) is 4. The Morgan fingerprint density at radius 1 is 0.644 bits per heavy atom. The van der Waals surface area contributed by atoms with E-state index in [1.54, 1.807) is 28.4 Å². The van der Waals surface area contributed by atoms with Crippen molar-refractivity contribution in [2.45, 2.75) is 39.5 Å². The molecule has 0 saturated heterocycles. The molecule has 0 aliphatic heterocycles. The van der Waals surface area contributed by atoms with Crippen LogP contribution in [0, 0.1) is 0 Å². The molecule has 0 radical (unpaired) electrons. The maximum atomic E-state index is 11.6. The number of carbonyl (C=O) groups is 1. The van der Waals surface area contributed by atoms with E-state index in [9.17, 15) is 4.79 Å². The molecule has 0 saturated carbocycles. The van der Waals surface area contributed by atoms with E-state index in [1.807, 2.05) is 42.5 Å². The summed E-state index contributed by atoms with van der Waals surface area (Å²) in [6.45, 7) is 4.22. The highest BCUT2D eigenvalue weighted by molar-refractivity contribution is 5.83. The minimum Gasteiger partial charge on any atom is -0.493 e. The Labute approximate surface area is 265 Å². The number of hydrogen-bond acceptors (Lipinski definition) is 6. The van der Waals surface area contributed by atoms with E-state index in [2.05, 4.69) is 49.2 Å². The van der Waals surface area contributed by atoms with Crippen LogP contribution in [0.15, 0.2) is 72.8 Å². The fourth-order valence-corrected chi connectivity index (χ4v) is 5.72. The first-order chi connectivity index (χ1) is 22.0. The Hall–Kier alpha value is -5.04. The summed E-state index contributed by atoms with van der Waals surface area (Å²) < 4.78 is 22.2. The number of hydrogen-bond donors (Lipinski definition) is 1. The molecule has 0 atom stereocenters. The predicted molar refractivity (Wildman–Crippen MR) is 179 cm³/mol. The molecule has 5 rings (SSSR count). The van der Waals surface area contributed by atoms with Crippen LogP contribution in [0.3, 0.4) is 0 Å². The molecule has 0 unspecified atom stereocenters. The van der Waals surface area contributed by atoms with Gasteiger partial charge < -0.3 is 23.9 Å². The lowest BCUT2D eigenvalue weighted by molar-refractivity contribution is 0.112. The quantitative estimate of drug-likeness (QED) is 0.137. The molecule has 0 spiro atoms. The fourth-order valence-electron chi connectivity index (χ4n) is 5.72. The van der Waals surface area contributed by atoms with Crippen molar-refractivity contribution >= 4 is 6.29 Å². The number of carbonyl (C=O) groups excluding carboxylic acids is 1. The number of aryl methyl sites for hydroxylation is 4. The minimum atomic E-state index is 0.624. The average molecular weight is 605 g/mol. The molecule has 0 fully saturated rings. The van der Waals surface area contributed by atoms with Crippen LogP contribution < -0.4 is 18.9 Å². The van der Waals surface area contributed by atoms with Crippen molar-refractivity contribution in [3.63, 3.8) is 0 Å². The van der Waals surface area contributed by atoms with E-state index in [1.165, 1.54) is 11.1 Å². The van der Waals surface area contributed by atoms with Gasteiger partial charge in [0.05, 0.1) is 39.8 Å². The number of nitrogens with one attached hydrogen (secondary N) is 1. The number of benzene rings is 4. The fraction of sp³-hybridized carbons (Fsp3) is 0.263. The molecule has 0 bridgehead atoms. The standard InChI is InChI=1S/C38H40N2O5/c1-7-26-13-11-24(19-30(26)23-41)9-10-25-12-14-27(8-2)31(20-25)38-39-36(28-15-17-32(42-3)34(21-28)44-5)37(40-38)29-16-18-33(43-4)35(22-29)45-6/h11-23H,7-10H2,1-6H3,(H,39,40). The van der Waals surface area contributed by atoms with Gasteiger partial charge in [-0.05, 0) is 96.5 Å². The van der Waals surface area contributed by atoms with Crippen LogP contribution in [0.4, 0.5) is 0 Å². The predicted octanol–water partition coefficient (Wildman–Crippen LogP) is 8.17. The molecule has 0 aliphatic carbocycles. The number of aromatic amines is 1. The van der Waals surface area contributed by atoms with Gasteiger partial charge in [0.2, 0.25) is 0 Å². The normalized spacial score (nSPS) is 10.9. The Balaban J connectivity index is 1.59. The first kappa shape index (κ1) is 31.4. The highest BCUT2D eigenvalue weighted by Crippen LogP contribution is 2.40. The molecule has 7 nitrogen and oxygen atoms in total. The lowest BCUT2D eigenvalue weighted by atomic mass is 9.96. The van der Waals surface area contributed by atoms with Crippen LogP contribution in [0.25, 0.3) is 33.9 Å². The molecule has 5 aromatic rings. The van der Waals surface area contributed by atoms with Crippen molar-refractivity contribution in [2.75, 3.05) is 28.4 Å². The molecule has 0 aliphatic rings. The molecular weight excluding hydrogens is 564 g/mol. The number of aromatic nitrogens is 2. The van der Waals surface area contributed by atoms with Gasteiger partial charge in [-0.15, -0.1) is 0 Å². The zero-order chi connectivity index (χ0) is 31.9. The second-order valence-corrected chi connectivity index (χ2v) is 10.8. The third kappa shape index (κ3) is 6.58. The van der Waals surface area contributed by atoms with Gasteiger partial charge >= 0.3 is 0 Å². The van der Waals surface area contributed by atoms with E-state index in [-0.39, 0.29) is 0 Å². The lowest BCUT2D eigenvalue weighted by Crippen LogP contribution is -1.98. The monoisotopic (exact) mass is 604 g/mol. The Morgan fingerprint density at radius 2 is 1.20 bits per heavy atom. The molecule has 45 heavy (non-hydrogen) atoms. The van der Waals surface area contributed by atoms with Gasteiger partial charge in [0.15, 0.2) is 23.0 Å². The molecule has 0 amide bonds. The summed E-state index contributed by atoms with van der Waals surface area (Å²) in [5.74, 6) is 3.33. The molecule has 1 N–H and O–H groups in total. The number of aldehydes is 1. The van der Waals surface area contributed by atoms with Crippen LogP contribution >= 0.6 is 0 Å². The number of imidazole rings is 1. The number of methoxy groups -OCH3 is 4. The van der Waals surface area contributed by atoms with Crippen LogP contribution in [-0.2, 0) is 25.7 Å². The van der Waals surface area contributed by atoms with Gasteiger partial charge in [0, 0.05) is 22.3 Å². The van der Waals surface area contributed by atoms with Crippen molar-refractivity contribution in [2.24, 2.45) is 0 Å². The summed E-state index contributed by atoms with van der Waals surface area (Å²) in [7, 11) is 6.51. The first-order valence-electron chi connectivity index (χ1n) is 15.2.